The molecule has 4 rings (SSSR count). The Balaban J connectivity index is 1.30. The first-order valence-electron chi connectivity index (χ1n) is 9.39. The number of carbonyl (C=O) groups excluding carboxylic acids is 1. The van der Waals surface area contributed by atoms with E-state index in [1.54, 1.807) is 12.1 Å². The van der Waals surface area contributed by atoms with Crippen LogP contribution in [0.4, 0.5) is 4.39 Å². The Morgan fingerprint density at radius 1 is 1.12 bits per heavy atom. The van der Waals surface area contributed by atoms with Crippen LogP contribution in [0.5, 0.6) is 0 Å². The normalized spacial score (nSPS) is 23.1. The van der Waals surface area contributed by atoms with Gasteiger partial charge in [0, 0.05) is 24.0 Å². The summed E-state index contributed by atoms with van der Waals surface area (Å²) in [5.41, 5.74) is 2.16. The second-order valence-corrected chi connectivity index (χ2v) is 7.98. The predicted octanol–water partition coefficient (Wildman–Crippen LogP) is 5.06. The molecule has 0 bridgehead atoms. The smallest absolute Gasteiger partial charge is 0.226 e. The van der Waals surface area contributed by atoms with Crippen LogP contribution in [0.1, 0.15) is 36.3 Å². The molecule has 0 radical (unpaired) electrons. The zero-order valence-corrected chi connectivity index (χ0v) is 15.5. The lowest BCUT2D eigenvalue weighted by Gasteiger charge is -2.32. The molecule has 2 unspecified atom stereocenters. The number of amides is 1. The van der Waals surface area contributed by atoms with Crippen molar-refractivity contribution >= 4 is 17.5 Å². The molecule has 1 saturated carbocycles. The van der Waals surface area contributed by atoms with E-state index in [1.165, 1.54) is 6.07 Å². The third kappa shape index (κ3) is 3.78. The fourth-order valence-corrected chi connectivity index (χ4v) is 4.45. The number of nitrogens with zero attached hydrogens (tertiary/aromatic N) is 1. The van der Waals surface area contributed by atoms with Gasteiger partial charge in [-0.2, -0.15) is 0 Å². The Hall–Kier alpha value is -1.87. The van der Waals surface area contributed by atoms with Gasteiger partial charge in [-0.25, -0.2) is 4.39 Å². The number of benzene rings is 2. The van der Waals surface area contributed by atoms with Crippen molar-refractivity contribution in [3.05, 3.63) is 70.5 Å². The maximum Gasteiger partial charge on any atom is 0.226 e. The molecule has 2 atom stereocenters. The van der Waals surface area contributed by atoms with E-state index in [-0.39, 0.29) is 23.6 Å². The molecule has 0 spiro atoms. The lowest BCUT2D eigenvalue weighted by Crippen LogP contribution is -2.40. The Labute approximate surface area is 159 Å². The fraction of sp³-hybridized carbons (Fsp3) is 0.409. The van der Waals surface area contributed by atoms with Crippen LogP contribution in [0, 0.1) is 17.7 Å². The average molecular weight is 372 g/mol. The molecule has 2 aromatic carbocycles. The van der Waals surface area contributed by atoms with Gasteiger partial charge < -0.3 is 4.90 Å². The fourth-order valence-electron chi connectivity index (χ4n) is 4.18. The summed E-state index contributed by atoms with van der Waals surface area (Å²) >= 11 is 6.27. The van der Waals surface area contributed by atoms with Gasteiger partial charge in [-0.1, -0.05) is 41.9 Å². The van der Waals surface area contributed by atoms with Crippen LogP contribution in [0.25, 0.3) is 0 Å². The molecule has 1 heterocycles. The molecule has 2 aliphatic rings. The number of hydrogen-bond donors (Lipinski definition) is 0. The predicted molar refractivity (Wildman–Crippen MR) is 102 cm³/mol. The lowest BCUT2D eigenvalue weighted by atomic mass is 9.90. The van der Waals surface area contributed by atoms with Crippen LogP contribution in [0.2, 0.25) is 5.02 Å². The SMILES string of the molecule is O=C(C1CC1c1ccccc1Cl)N1CCC(Cc2cccc(F)c2)CC1. The maximum atomic E-state index is 13.3. The van der Waals surface area contributed by atoms with Crippen molar-refractivity contribution in [3.63, 3.8) is 0 Å². The van der Waals surface area contributed by atoms with Gasteiger partial charge in [0.25, 0.3) is 0 Å². The highest BCUT2D eigenvalue weighted by Gasteiger charge is 2.46. The molecule has 1 aliphatic carbocycles. The van der Waals surface area contributed by atoms with E-state index < -0.39 is 0 Å². The van der Waals surface area contributed by atoms with Gasteiger partial charge in [0.2, 0.25) is 5.91 Å². The molecule has 136 valence electrons. The number of hydrogen-bond acceptors (Lipinski definition) is 1. The second-order valence-electron chi connectivity index (χ2n) is 7.57. The first kappa shape index (κ1) is 17.5. The van der Waals surface area contributed by atoms with Crippen molar-refractivity contribution in [3.8, 4) is 0 Å². The van der Waals surface area contributed by atoms with E-state index in [0.717, 1.165) is 54.9 Å². The van der Waals surface area contributed by atoms with Gasteiger partial charge in [0.15, 0.2) is 0 Å². The zero-order valence-electron chi connectivity index (χ0n) is 14.7. The van der Waals surface area contributed by atoms with Gasteiger partial charge >= 0.3 is 0 Å². The minimum Gasteiger partial charge on any atom is -0.342 e. The zero-order chi connectivity index (χ0) is 18.1. The molecule has 2 aromatic rings. The first-order chi connectivity index (χ1) is 12.6. The van der Waals surface area contributed by atoms with Crippen LogP contribution >= 0.6 is 11.6 Å². The van der Waals surface area contributed by atoms with Crippen molar-refractivity contribution in [2.45, 2.75) is 31.6 Å². The molecule has 0 aromatic heterocycles. The molecule has 1 amide bonds. The monoisotopic (exact) mass is 371 g/mol. The van der Waals surface area contributed by atoms with Crippen LogP contribution in [0.15, 0.2) is 48.5 Å². The van der Waals surface area contributed by atoms with Crippen molar-refractivity contribution < 1.29 is 9.18 Å². The lowest BCUT2D eigenvalue weighted by molar-refractivity contribution is -0.134. The summed E-state index contributed by atoms with van der Waals surface area (Å²) in [5.74, 6) is 1.00. The summed E-state index contributed by atoms with van der Waals surface area (Å²) in [4.78, 5) is 14.8. The number of halogens is 2. The molecular formula is C22H23ClFNO. The summed E-state index contributed by atoms with van der Waals surface area (Å²) in [6.07, 6.45) is 3.79. The van der Waals surface area contributed by atoms with E-state index in [9.17, 15) is 9.18 Å². The molecule has 0 N–H and O–H groups in total. The largest absolute Gasteiger partial charge is 0.342 e. The molecular weight excluding hydrogens is 349 g/mol. The van der Waals surface area contributed by atoms with Crippen molar-refractivity contribution in [2.75, 3.05) is 13.1 Å². The summed E-state index contributed by atoms with van der Waals surface area (Å²) in [7, 11) is 0. The third-order valence-corrected chi connectivity index (χ3v) is 6.10. The van der Waals surface area contributed by atoms with E-state index in [4.69, 9.17) is 11.6 Å². The highest BCUT2D eigenvalue weighted by atomic mass is 35.5. The van der Waals surface area contributed by atoms with Crippen LogP contribution in [-0.4, -0.2) is 23.9 Å². The topological polar surface area (TPSA) is 20.3 Å². The second kappa shape index (κ2) is 7.40. The summed E-state index contributed by atoms with van der Waals surface area (Å²) in [6, 6.07) is 14.7. The average Bonchev–Trinajstić information content (AvgIpc) is 3.43. The van der Waals surface area contributed by atoms with Gasteiger partial charge in [0.05, 0.1) is 0 Å². The van der Waals surface area contributed by atoms with Crippen LogP contribution in [-0.2, 0) is 11.2 Å². The summed E-state index contributed by atoms with van der Waals surface area (Å²) in [6.45, 7) is 1.62. The Morgan fingerprint density at radius 2 is 1.88 bits per heavy atom. The molecule has 2 nitrogen and oxygen atoms in total. The quantitative estimate of drug-likeness (QED) is 0.735. The minimum absolute atomic E-state index is 0.0923. The molecule has 1 aliphatic heterocycles. The van der Waals surface area contributed by atoms with Crippen LogP contribution in [0.3, 0.4) is 0 Å². The van der Waals surface area contributed by atoms with Crippen molar-refractivity contribution in [1.29, 1.82) is 0 Å². The molecule has 4 heteroatoms. The third-order valence-electron chi connectivity index (χ3n) is 5.75. The van der Waals surface area contributed by atoms with Gasteiger partial charge in [-0.3, -0.25) is 4.79 Å². The first-order valence-corrected chi connectivity index (χ1v) is 9.77. The summed E-state index contributed by atoms with van der Waals surface area (Å²) in [5, 5.41) is 0.765. The number of carbonyl (C=O) groups is 1. The van der Waals surface area contributed by atoms with Crippen molar-refractivity contribution in [1.82, 2.24) is 4.90 Å². The number of likely N-dealkylation sites (tertiary alicyclic amines) is 1. The van der Waals surface area contributed by atoms with Gasteiger partial charge in [-0.05, 0) is 66.8 Å². The number of rotatable bonds is 4. The highest BCUT2D eigenvalue weighted by molar-refractivity contribution is 6.31. The molecule has 2 fully saturated rings. The van der Waals surface area contributed by atoms with E-state index in [0.29, 0.717) is 5.92 Å². The Morgan fingerprint density at radius 3 is 2.62 bits per heavy atom. The number of piperidine rings is 1. The molecule has 26 heavy (non-hydrogen) atoms. The Kier molecular flexibility index (Phi) is 4.99. The Bertz CT molecular complexity index is 800. The molecule has 1 saturated heterocycles. The van der Waals surface area contributed by atoms with Gasteiger partial charge in [-0.15, -0.1) is 0 Å². The summed E-state index contributed by atoms with van der Waals surface area (Å²) < 4.78 is 13.3. The minimum atomic E-state index is -0.172. The highest BCUT2D eigenvalue weighted by Crippen LogP contribution is 2.50. The maximum absolute atomic E-state index is 13.3. The van der Waals surface area contributed by atoms with Crippen molar-refractivity contribution in [2.24, 2.45) is 11.8 Å². The van der Waals surface area contributed by atoms with Gasteiger partial charge in [0.1, 0.15) is 5.82 Å². The van der Waals surface area contributed by atoms with E-state index in [2.05, 4.69) is 0 Å². The van der Waals surface area contributed by atoms with Crippen LogP contribution < -0.4 is 0 Å². The van der Waals surface area contributed by atoms with E-state index in [1.807, 2.05) is 35.2 Å². The van der Waals surface area contributed by atoms with E-state index >= 15 is 0 Å². The standard InChI is InChI=1S/C22H23ClFNO/c23-21-7-2-1-6-18(21)19-14-20(19)22(26)25-10-8-15(9-11-25)12-16-4-3-5-17(24)13-16/h1-7,13,15,19-20H,8-12,14H2.